The van der Waals surface area contributed by atoms with Gasteiger partial charge in [0.15, 0.2) is 11.6 Å². The van der Waals surface area contributed by atoms with Gasteiger partial charge in [-0.05, 0) is 36.8 Å². The van der Waals surface area contributed by atoms with Crippen molar-refractivity contribution in [3.8, 4) is 22.8 Å². The van der Waals surface area contributed by atoms with Gasteiger partial charge in [-0.25, -0.2) is 9.37 Å². The zero-order valence-corrected chi connectivity index (χ0v) is 10.4. The van der Waals surface area contributed by atoms with Crippen molar-refractivity contribution in [3.05, 3.63) is 59.9 Å². The Kier molecular flexibility index (Phi) is 2.83. The fourth-order valence-electron chi connectivity index (χ4n) is 1.95. The Bertz CT molecular complexity index is 701. The zero-order valence-electron chi connectivity index (χ0n) is 10.4. The topological polar surface area (TPSA) is 41.6 Å². The largest absolute Gasteiger partial charge is 0.259 e. The highest BCUT2D eigenvalue weighted by molar-refractivity contribution is 5.63. The van der Waals surface area contributed by atoms with E-state index in [1.165, 1.54) is 12.1 Å². The molecular formula is C15H12FN3. The van der Waals surface area contributed by atoms with Gasteiger partial charge in [0.2, 0.25) is 0 Å². The van der Waals surface area contributed by atoms with Crippen molar-refractivity contribution in [1.29, 1.82) is 0 Å². The van der Waals surface area contributed by atoms with Crippen LogP contribution >= 0.6 is 0 Å². The maximum absolute atomic E-state index is 12.9. The van der Waals surface area contributed by atoms with Crippen molar-refractivity contribution in [2.75, 3.05) is 0 Å². The Labute approximate surface area is 110 Å². The molecule has 0 atom stereocenters. The first kappa shape index (κ1) is 11.6. The van der Waals surface area contributed by atoms with Crippen LogP contribution in [0.3, 0.4) is 0 Å². The van der Waals surface area contributed by atoms with Crippen molar-refractivity contribution in [3.63, 3.8) is 0 Å². The lowest BCUT2D eigenvalue weighted by Gasteiger charge is -1.99. The molecule has 19 heavy (non-hydrogen) atoms. The third kappa shape index (κ3) is 2.25. The molecule has 2 aromatic carbocycles. The Morgan fingerprint density at radius 2 is 1.74 bits per heavy atom. The van der Waals surface area contributed by atoms with Gasteiger partial charge in [0.05, 0.1) is 0 Å². The van der Waals surface area contributed by atoms with Crippen LogP contribution in [0.25, 0.3) is 22.8 Å². The van der Waals surface area contributed by atoms with E-state index in [4.69, 9.17) is 0 Å². The number of hydrogen-bond acceptors (Lipinski definition) is 2. The Morgan fingerprint density at radius 1 is 1.00 bits per heavy atom. The quantitative estimate of drug-likeness (QED) is 0.758. The minimum Gasteiger partial charge on any atom is -0.259 e. The molecule has 0 bridgehead atoms. The van der Waals surface area contributed by atoms with E-state index in [0.717, 1.165) is 22.5 Å². The lowest BCUT2D eigenvalue weighted by molar-refractivity contribution is 0.628. The molecular weight excluding hydrogens is 241 g/mol. The minimum absolute atomic E-state index is 0.265. The summed E-state index contributed by atoms with van der Waals surface area (Å²) in [5.41, 5.74) is 2.94. The highest BCUT2D eigenvalue weighted by atomic mass is 19.1. The van der Waals surface area contributed by atoms with Crippen LogP contribution in [-0.2, 0) is 0 Å². The van der Waals surface area contributed by atoms with E-state index in [1.807, 2.05) is 31.2 Å². The van der Waals surface area contributed by atoms with Gasteiger partial charge in [0.1, 0.15) is 5.82 Å². The number of H-pyrrole nitrogens is 1. The van der Waals surface area contributed by atoms with E-state index in [0.29, 0.717) is 5.82 Å². The second-order valence-corrected chi connectivity index (χ2v) is 4.33. The van der Waals surface area contributed by atoms with Crippen LogP contribution in [0, 0.1) is 12.7 Å². The van der Waals surface area contributed by atoms with E-state index in [9.17, 15) is 4.39 Å². The van der Waals surface area contributed by atoms with Gasteiger partial charge in [-0.3, -0.25) is 5.10 Å². The summed E-state index contributed by atoms with van der Waals surface area (Å²) in [7, 11) is 0. The highest BCUT2D eigenvalue weighted by Gasteiger charge is 2.09. The van der Waals surface area contributed by atoms with Gasteiger partial charge in [-0.1, -0.05) is 24.3 Å². The predicted molar refractivity (Wildman–Crippen MR) is 71.9 cm³/mol. The normalized spacial score (nSPS) is 10.6. The van der Waals surface area contributed by atoms with Crippen molar-refractivity contribution in [1.82, 2.24) is 15.2 Å². The first-order chi connectivity index (χ1) is 9.24. The number of rotatable bonds is 2. The molecule has 0 aliphatic rings. The van der Waals surface area contributed by atoms with Crippen LogP contribution in [0.15, 0.2) is 48.5 Å². The van der Waals surface area contributed by atoms with Crippen LogP contribution in [0.2, 0.25) is 0 Å². The number of benzene rings is 2. The Hall–Kier alpha value is -2.49. The monoisotopic (exact) mass is 253 g/mol. The molecule has 3 aromatic rings. The molecule has 0 fully saturated rings. The molecule has 0 saturated heterocycles. The van der Waals surface area contributed by atoms with Gasteiger partial charge < -0.3 is 0 Å². The van der Waals surface area contributed by atoms with Crippen LogP contribution in [0.5, 0.6) is 0 Å². The third-order valence-corrected chi connectivity index (χ3v) is 2.99. The number of hydrogen-bond donors (Lipinski definition) is 1. The maximum Gasteiger partial charge on any atom is 0.181 e. The molecule has 1 N–H and O–H groups in total. The van der Waals surface area contributed by atoms with E-state index >= 15 is 0 Å². The van der Waals surface area contributed by atoms with Gasteiger partial charge in [0.25, 0.3) is 0 Å². The Morgan fingerprint density at radius 3 is 2.47 bits per heavy atom. The summed E-state index contributed by atoms with van der Waals surface area (Å²) in [6.07, 6.45) is 0. The van der Waals surface area contributed by atoms with Crippen molar-refractivity contribution in [2.24, 2.45) is 0 Å². The van der Waals surface area contributed by atoms with Crippen molar-refractivity contribution in [2.45, 2.75) is 6.92 Å². The average Bonchev–Trinajstić information content (AvgIpc) is 2.89. The summed E-state index contributed by atoms with van der Waals surface area (Å²) >= 11 is 0. The standard InChI is InChI=1S/C15H12FN3/c1-10-4-2-3-5-13(10)15-17-14(18-19-15)11-6-8-12(16)9-7-11/h2-9H,1H3,(H,17,18,19). The smallest absolute Gasteiger partial charge is 0.181 e. The molecule has 1 aromatic heterocycles. The molecule has 3 nitrogen and oxygen atoms in total. The van der Waals surface area contributed by atoms with Crippen LogP contribution in [-0.4, -0.2) is 15.2 Å². The molecule has 0 aliphatic carbocycles. The minimum atomic E-state index is -0.265. The summed E-state index contributed by atoms with van der Waals surface area (Å²) in [4.78, 5) is 4.45. The second kappa shape index (κ2) is 4.65. The fourth-order valence-corrected chi connectivity index (χ4v) is 1.95. The van der Waals surface area contributed by atoms with E-state index in [-0.39, 0.29) is 5.82 Å². The number of aromatic nitrogens is 3. The highest BCUT2D eigenvalue weighted by Crippen LogP contribution is 2.22. The molecule has 1 heterocycles. The van der Waals surface area contributed by atoms with E-state index in [1.54, 1.807) is 12.1 Å². The number of nitrogens with one attached hydrogen (secondary N) is 1. The van der Waals surface area contributed by atoms with Gasteiger partial charge in [-0.15, -0.1) is 0 Å². The van der Waals surface area contributed by atoms with E-state index in [2.05, 4.69) is 15.2 Å². The lowest BCUT2D eigenvalue weighted by Crippen LogP contribution is -1.85. The average molecular weight is 253 g/mol. The fraction of sp³-hybridized carbons (Fsp3) is 0.0667. The van der Waals surface area contributed by atoms with Gasteiger partial charge in [-0.2, -0.15) is 5.10 Å². The van der Waals surface area contributed by atoms with Crippen LogP contribution < -0.4 is 0 Å². The lowest BCUT2D eigenvalue weighted by atomic mass is 10.1. The first-order valence-corrected chi connectivity index (χ1v) is 5.98. The number of halogens is 1. The van der Waals surface area contributed by atoms with Crippen molar-refractivity contribution >= 4 is 0 Å². The molecule has 0 unspecified atom stereocenters. The molecule has 0 amide bonds. The van der Waals surface area contributed by atoms with Crippen LogP contribution in [0.1, 0.15) is 5.56 Å². The van der Waals surface area contributed by atoms with Gasteiger partial charge in [0, 0.05) is 11.1 Å². The SMILES string of the molecule is Cc1ccccc1-c1nc(-c2ccc(F)cc2)n[nH]1. The molecule has 94 valence electrons. The molecule has 0 aliphatic heterocycles. The zero-order chi connectivity index (χ0) is 13.2. The Balaban J connectivity index is 2.00. The first-order valence-electron chi connectivity index (χ1n) is 5.98. The summed E-state index contributed by atoms with van der Waals surface area (Å²) in [6.45, 7) is 2.02. The third-order valence-electron chi connectivity index (χ3n) is 2.99. The van der Waals surface area contributed by atoms with Crippen molar-refractivity contribution < 1.29 is 4.39 Å². The summed E-state index contributed by atoms with van der Waals surface area (Å²) < 4.78 is 12.9. The predicted octanol–water partition coefficient (Wildman–Crippen LogP) is 3.59. The second-order valence-electron chi connectivity index (χ2n) is 4.33. The van der Waals surface area contributed by atoms with Crippen LogP contribution in [0.4, 0.5) is 4.39 Å². The molecule has 3 rings (SSSR count). The van der Waals surface area contributed by atoms with Gasteiger partial charge >= 0.3 is 0 Å². The number of aromatic amines is 1. The molecule has 0 radical (unpaired) electrons. The molecule has 0 spiro atoms. The summed E-state index contributed by atoms with van der Waals surface area (Å²) in [5, 5.41) is 7.10. The summed E-state index contributed by atoms with van der Waals surface area (Å²) in [6, 6.07) is 14.1. The number of aryl methyl sites for hydroxylation is 1. The molecule has 0 saturated carbocycles. The maximum atomic E-state index is 12.9. The number of nitrogens with zero attached hydrogens (tertiary/aromatic N) is 2. The summed E-state index contributed by atoms with van der Waals surface area (Å²) in [5.74, 6) is 1.02. The molecule has 4 heteroatoms. The van der Waals surface area contributed by atoms with E-state index < -0.39 is 0 Å².